The topological polar surface area (TPSA) is 78.5 Å². The lowest BCUT2D eigenvalue weighted by Gasteiger charge is -2.22. The molecule has 1 heterocycles. The maximum Gasteiger partial charge on any atom is 0.325 e. The molecule has 2 aromatic carbocycles. The zero-order valence-electron chi connectivity index (χ0n) is 16.5. The van der Waals surface area contributed by atoms with Crippen LogP contribution in [0.25, 0.3) is 0 Å². The highest BCUT2D eigenvalue weighted by molar-refractivity contribution is 6.09. The van der Waals surface area contributed by atoms with Crippen LogP contribution in [0.1, 0.15) is 37.0 Å². The molecule has 4 amide bonds. The van der Waals surface area contributed by atoms with Crippen molar-refractivity contribution in [3.8, 4) is 0 Å². The van der Waals surface area contributed by atoms with E-state index in [1.54, 1.807) is 19.1 Å². The van der Waals surface area contributed by atoms with E-state index in [-0.39, 0.29) is 18.9 Å². The van der Waals surface area contributed by atoms with Gasteiger partial charge in [0.05, 0.1) is 0 Å². The number of urea groups is 1. The van der Waals surface area contributed by atoms with Crippen LogP contribution in [-0.4, -0.2) is 29.3 Å². The number of imide groups is 1. The van der Waals surface area contributed by atoms with Gasteiger partial charge in [-0.15, -0.1) is 0 Å². The molecule has 1 fully saturated rings. The molecule has 1 atom stereocenters. The van der Waals surface area contributed by atoms with Crippen LogP contribution in [0.3, 0.4) is 0 Å². The Morgan fingerprint density at radius 1 is 1.07 bits per heavy atom. The Labute approximate surface area is 169 Å². The minimum absolute atomic E-state index is 0.179. The third-order valence-corrected chi connectivity index (χ3v) is 5.05. The zero-order valence-corrected chi connectivity index (χ0v) is 16.5. The molecule has 1 unspecified atom stereocenters. The van der Waals surface area contributed by atoms with E-state index in [4.69, 9.17) is 0 Å². The molecular formula is C22H24FN3O3. The molecule has 7 heteroatoms. The number of carbonyl (C=O) groups excluding carboxylic acids is 3. The summed E-state index contributed by atoms with van der Waals surface area (Å²) in [6.07, 6.45) is 1.96. The van der Waals surface area contributed by atoms with Crippen molar-refractivity contribution in [2.24, 2.45) is 0 Å². The number of hydrogen-bond donors (Lipinski definition) is 2. The van der Waals surface area contributed by atoms with E-state index in [0.717, 1.165) is 23.3 Å². The second-order valence-corrected chi connectivity index (χ2v) is 7.30. The van der Waals surface area contributed by atoms with Crippen molar-refractivity contribution in [1.29, 1.82) is 0 Å². The number of nitrogens with zero attached hydrogens (tertiary/aromatic N) is 1. The summed E-state index contributed by atoms with van der Waals surface area (Å²) in [6, 6.07) is 12.7. The van der Waals surface area contributed by atoms with Crippen LogP contribution in [0.15, 0.2) is 48.5 Å². The first-order valence-electron chi connectivity index (χ1n) is 9.58. The molecule has 1 aliphatic heterocycles. The number of rotatable bonds is 7. The van der Waals surface area contributed by atoms with Crippen LogP contribution < -0.4 is 10.6 Å². The Balaban J connectivity index is 1.64. The first-order chi connectivity index (χ1) is 13.8. The van der Waals surface area contributed by atoms with Gasteiger partial charge in [-0.2, -0.15) is 0 Å². The summed E-state index contributed by atoms with van der Waals surface area (Å²) in [7, 11) is 0. The first kappa shape index (κ1) is 20.5. The monoisotopic (exact) mass is 397 g/mol. The number of aryl methyl sites for hydroxylation is 1. The van der Waals surface area contributed by atoms with E-state index in [0.29, 0.717) is 11.1 Å². The summed E-state index contributed by atoms with van der Waals surface area (Å²) >= 11 is 0. The first-order valence-corrected chi connectivity index (χ1v) is 9.58. The molecule has 0 radical (unpaired) electrons. The highest BCUT2D eigenvalue weighted by atomic mass is 19.1. The Kier molecular flexibility index (Phi) is 5.96. The van der Waals surface area contributed by atoms with Gasteiger partial charge in [-0.1, -0.05) is 49.7 Å². The lowest BCUT2D eigenvalue weighted by atomic mass is 9.91. The Morgan fingerprint density at radius 2 is 1.69 bits per heavy atom. The average Bonchev–Trinajstić information content (AvgIpc) is 2.92. The van der Waals surface area contributed by atoms with Gasteiger partial charge in [0.2, 0.25) is 5.91 Å². The van der Waals surface area contributed by atoms with Crippen LogP contribution in [-0.2, 0) is 28.1 Å². The van der Waals surface area contributed by atoms with Crippen molar-refractivity contribution in [2.45, 2.75) is 38.8 Å². The summed E-state index contributed by atoms with van der Waals surface area (Å²) in [4.78, 5) is 38.4. The fourth-order valence-corrected chi connectivity index (χ4v) is 3.33. The fourth-order valence-electron chi connectivity index (χ4n) is 3.33. The van der Waals surface area contributed by atoms with E-state index in [9.17, 15) is 18.8 Å². The second-order valence-electron chi connectivity index (χ2n) is 7.30. The third-order valence-electron chi connectivity index (χ3n) is 5.05. The Bertz CT molecular complexity index is 912. The summed E-state index contributed by atoms with van der Waals surface area (Å²) in [5.74, 6) is -1.30. The second kappa shape index (κ2) is 8.43. The molecule has 0 aliphatic carbocycles. The minimum atomic E-state index is -1.21. The normalized spacial score (nSPS) is 18.7. The van der Waals surface area contributed by atoms with Crippen LogP contribution in [0.4, 0.5) is 9.18 Å². The highest BCUT2D eigenvalue weighted by Gasteiger charge is 2.49. The number of amides is 4. The van der Waals surface area contributed by atoms with Crippen molar-refractivity contribution in [2.75, 3.05) is 6.54 Å². The number of carbonyl (C=O) groups is 3. The summed E-state index contributed by atoms with van der Waals surface area (Å²) in [6.45, 7) is 3.53. The van der Waals surface area contributed by atoms with Gasteiger partial charge >= 0.3 is 6.03 Å². The number of benzene rings is 2. The van der Waals surface area contributed by atoms with Gasteiger partial charge in [-0.25, -0.2) is 9.18 Å². The minimum Gasteiger partial charge on any atom is -0.350 e. The largest absolute Gasteiger partial charge is 0.350 e. The maximum absolute atomic E-state index is 12.9. The molecule has 0 bridgehead atoms. The summed E-state index contributed by atoms with van der Waals surface area (Å²) in [5.41, 5.74) is 1.34. The van der Waals surface area contributed by atoms with Crippen molar-refractivity contribution >= 4 is 17.8 Å². The Hall–Kier alpha value is -3.22. The van der Waals surface area contributed by atoms with Crippen molar-refractivity contribution in [3.63, 3.8) is 0 Å². The molecule has 3 rings (SSSR count). The fraction of sp³-hybridized carbons (Fsp3) is 0.318. The highest BCUT2D eigenvalue weighted by Crippen LogP contribution is 2.29. The molecule has 0 aromatic heterocycles. The van der Waals surface area contributed by atoms with Gasteiger partial charge in [0.15, 0.2) is 0 Å². The summed E-state index contributed by atoms with van der Waals surface area (Å²) in [5, 5.41) is 5.34. The molecule has 1 saturated heterocycles. The summed E-state index contributed by atoms with van der Waals surface area (Å²) < 4.78 is 12.9. The number of nitrogens with one attached hydrogen (secondary N) is 2. The van der Waals surface area contributed by atoms with E-state index in [1.807, 2.05) is 24.3 Å². The van der Waals surface area contributed by atoms with Gasteiger partial charge in [-0.3, -0.25) is 14.5 Å². The third kappa shape index (κ3) is 4.45. The van der Waals surface area contributed by atoms with E-state index in [2.05, 4.69) is 17.6 Å². The molecule has 2 aromatic rings. The molecule has 0 spiro atoms. The van der Waals surface area contributed by atoms with Gasteiger partial charge in [-0.05, 0) is 42.2 Å². The van der Waals surface area contributed by atoms with E-state index >= 15 is 0 Å². The number of halogens is 1. The average molecular weight is 397 g/mol. The quantitative estimate of drug-likeness (QED) is 0.705. The van der Waals surface area contributed by atoms with Crippen molar-refractivity contribution < 1.29 is 18.8 Å². The van der Waals surface area contributed by atoms with Crippen LogP contribution in [0, 0.1) is 5.82 Å². The van der Waals surface area contributed by atoms with Crippen LogP contribution in [0.5, 0.6) is 0 Å². The number of hydrogen-bond acceptors (Lipinski definition) is 3. The molecule has 1 aliphatic rings. The molecule has 6 nitrogen and oxygen atoms in total. The molecular weight excluding hydrogens is 373 g/mol. The standard InChI is InChI=1S/C22H24FN3O3/c1-3-4-15-5-9-17(10-6-15)22(2)20(28)26(21(29)25-22)14-19(27)24-13-16-7-11-18(23)12-8-16/h5-12H,3-4,13-14H2,1-2H3,(H,24,27)(H,25,29). The lowest BCUT2D eigenvalue weighted by Crippen LogP contribution is -2.43. The van der Waals surface area contributed by atoms with Gasteiger partial charge < -0.3 is 10.6 Å². The van der Waals surface area contributed by atoms with E-state index in [1.165, 1.54) is 12.1 Å². The molecule has 29 heavy (non-hydrogen) atoms. The maximum atomic E-state index is 12.9. The molecule has 0 saturated carbocycles. The predicted octanol–water partition coefficient (Wildman–Crippen LogP) is 2.86. The van der Waals surface area contributed by atoms with Gasteiger partial charge in [0.1, 0.15) is 17.9 Å². The predicted molar refractivity (Wildman–Crippen MR) is 106 cm³/mol. The van der Waals surface area contributed by atoms with Crippen LogP contribution in [0.2, 0.25) is 0 Å². The smallest absolute Gasteiger partial charge is 0.325 e. The molecule has 152 valence electrons. The van der Waals surface area contributed by atoms with E-state index < -0.39 is 23.4 Å². The van der Waals surface area contributed by atoms with Crippen molar-refractivity contribution in [1.82, 2.24) is 15.5 Å². The molecule has 2 N–H and O–H groups in total. The van der Waals surface area contributed by atoms with Gasteiger partial charge in [0.25, 0.3) is 5.91 Å². The SMILES string of the molecule is CCCc1ccc(C2(C)NC(=O)N(CC(=O)NCc3ccc(F)cc3)C2=O)cc1. The zero-order chi connectivity index (χ0) is 21.0. The lowest BCUT2D eigenvalue weighted by molar-refractivity contribution is -0.134. The van der Waals surface area contributed by atoms with Crippen LogP contribution >= 0.6 is 0 Å². The Morgan fingerprint density at radius 3 is 2.31 bits per heavy atom. The van der Waals surface area contributed by atoms with Gasteiger partial charge in [0, 0.05) is 6.54 Å². The van der Waals surface area contributed by atoms with Crippen molar-refractivity contribution in [3.05, 3.63) is 71.0 Å².